The average molecular weight is 1170 g/mol. The molecule has 19 rings (SSSR count). The highest BCUT2D eigenvalue weighted by molar-refractivity contribution is 6.26. The zero-order chi connectivity index (χ0) is 60.6. The summed E-state index contributed by atoms with van der Waals surface area (Å²) in [7, 11) is 0. The number of rotatable bonds is 7. The van der Waals surface area contributed by atoms with E-state index in [4.69, 9.17) is 8.83 Å². The van der Waals surface area contributed by atoms with Crippen LogP contribution in [0.4, 0.5) is 45.5 Å². The number of benzene rings is 12. The summed E-state index contributed by atoms with van der Waals surface area (Å²) in [5, 5.41) is 4.22. The first-order valence-corrected chi connectivity index (χ1v) is 32.1. The van der Waals surface area contributed by atoms with Crippen molar-refractivity contribution >= 4 is 89.4 Å². The van der Waals surface area contributed by atoms with Crippen molar-refractivity contribution in [3.8, 4) is 33.4 Å². The largest absolute Gasteiger partial charge is 0.455 e. The van der Waals surface area contributed by atoms with E-state index in [1.54, 1.807) is 0 Å². The molecule has 1 atom stereocenters. The van der Waals surface area contributed by atoms with E-state index in [0.29, 0.717) is 5.92 Å². The normalized spacial score (nSPS) is 16.3. The van der Waals surface area contributed by atoms with Gasteiger partial charge in [0.1, 0.15) is 16.7 Å². The third-order valence-corrected chi connectivity index (χ3v) is 21.1. The molecule has 434 valence electrons. The predicted octanol–water partition coefficient (Wildman–Crippen LogP) is 23.3. The summed E-state index contributed by atoms with van der Waals surface area (Å²) < 4.78 is 15.3. The van der Waals surface area contributed by atoms with E-state index in [1.165, 1.54) is 55.6 Å². The Labute approximate surface area is 529 Å². The second kappa shape index (κ2) is 18.8. The zero-order valence-corrected chi connectivity index (χ0v) is 51.4. The van der Waals surface area contributed by atoms with E-state index in [1.807, 2.05) is 0 Å². The first-order valence-electron chi connectivity index (χ1n) is 32.1. The minimum atomic E-state index is -0.965. The number of nitrogens with zero attached hydrogens (tertiary/aromatic N) is 3. The molecular weight excluding hydrogens is 1110 g/mol. The Hall–Kier alpha value is -10.9. The number of anilines is 8. The van der Waals surface area contributed by atoms with Crippen LogP contribution in [0.5, 0.6) is 0 Å². The summed E-state index contributed by atoms with van der Waals surface area (Å²) in [6.45, 7) is 11.9. The molecule has 3 heterocycles. The van der Waals surface area contributed by atoms with E-state index >= 15 is 0 Å². The molecular formula is C86H63N3O2. The lowest BCUT2D eigenvalue weighted by molar-refractivity contribution is 0.660. The number of furan rings is 2. The number of allylic oxidation sites excluding steroid dienone is 3. The van der Waals surface area contributed by atoms with Gasteiger partial charge in [0.2, 0.25) is 0 Å². The molecule has 0 N–H and O–H groups in total. The van der Waals surface area contributed by atoms with Gasteiger partial charge in [-0.25, -0.2) is 0 Å². The van der Waals surface area contributed by atoms with Gasteiger partial charge in [0, 0.05) is 66.6 Å². The van der Waals surface area contributed by atoms with Gasteiger partial charge in [-0.1, -0.05) is 217 Å². The lowest BCUT2D eigenvalue weighted by Gasteiger charge is -2.45. The number of hydrogen-bond acceptors (Lipinski definition) is 5. The Morgan fingerprint density at radius 1 is 0.396 bits per heavy atom. The molecule has 1 aliphatic heterocycles. The quantitative estimate of drug-likeness (QED) is 0.159. The molecule has 0 radical (unpaired) electrons. The molecule has 5 nitrogen and oxygen atoms in total. The second-order valence-electron chi connectivity index (χ2n) is 26.7. The Balaban J connectivity index is 0.987. The van der Waals surface area contributed by atoms with Crippen LogP contribution in [-0.4, -0.2) is 0 Å². The van der Waals surface area contributed by atoms with Gasteiger partial charge < -0.3 is 23.5 Å². The predicted molar refractivity (Wildman–Crippen MR) is 376 cm³/mol. The third-order valence-electron chi connectivity index (χ3n) is 21.1. The first-order chi connectivity index (χ1) is 44.6. The molecule has 0 saturated carbocycles. The number of para-hydroxylation sites is 6. The SMILES string of the molecule is CC1C=C(N(c2ccc3c(c2)C(C)(C)c2ccccc2-3)c2cc3c(c4oc5ccccc5c24)-c2c(cc(N(c4ccccc4)c4ccc5c(c4)C(C)(C)c4ccccc4-5)c4oc5ccccc5c24)C32c3ccccc3N(c3ccccc3)c3ccccc32)C=CC1. The van der Waals surface area contributed by atoms with Crippen molar-refractivity contribution in [2.24, 2.45) is 5.92 Å². The van der Waals surface area contributed by atoms with Crippen LogP contribution in [0.1, 0.15) is 85.5 Å². The van der Waals surface area contributed by atoms with E-state index in [9.17, 15) is 0 Å². The summed E-state index contributed by atoms with van der Waals surface area (Å²) in [6, 6.07) is 95.0. The molecule has 14 aromatic rings. The van der Waals surface area contributed by atoms with Gasteiger partial charge in [0.25, 0.3) is 0 Å². The van der Waals surface area contributed by atoms with Crippen molar-refractivity contribution in [1.29, 1.82) is 0 Å². The van der Waals surface area contributed by atoms with Crippen molar-refractivity contribution < 1.29 is 8.83 Å². The van der Waals surface area contributed by atoms with Gasteiger partial charge in [0.05, 0.1) is 33.6 Å². The van der Waals surface area contributed by atoms with Crippen molar-refractivity contribution in [1.82, 2.24) is 0 Å². The van der Waals surface area contributed by atoms with E-state index in [-0.39, 0.29) is 10.8 Å². The molecule has 0 amide bonds. The fraction of sp³-hybridized carbons (Fsp3) is 0.116. The van der Waals surface area contributed by atoms with E-state index in [0.717, 1.165) is 124 Å². The van der Waals surface area contributed by atoms with Crippen LogP contribution >= 0.6 is 0 Å². The van der Waals surface area contributed by atoms with Crippen molar-refractivity contribution in [3.05, 3.63) is 323 Å². The van der Waals surface area contributed by atoms with Crippen LogP contribution < -0.4 is 14.7 Å². The topological polar surface area (TPSA) is 36.0 Å². The van der Waals surface area contributed by atoms with Crippen LogP contribution in [0, 0.1) is 5.92 Å². The molecule has 0 bridgehead atoms. The third kappa shape index (κ3) is 7.01. The van der Waals surface area contributed by atoms with E-state index < -0.39 is 5.41 Å². The first kappa shape index (κ1) is 52.1. The van der Waals surface area contributed by atoms with E-state index in [2.05, 4.69) is 322 Å². The van der Waals surface area contributed by atoms with Crippen LogP contribution in [0.15, 0.2) is 288 Å². The molecule has 1 spiro atoms. The Kier molecular flexibility index (Phi) is 10.8. The standard InChI is InChI=1S/C86H63N3O2/c1-52-25-24-30-55(47-52)88(57-44-46-61-59-32-13-17-36-65(59)85(4,5)69(61)49-57)74-50-71-81(83-78(74)62-33-14-22-41-76(62)91-83)80-70(86(71)66-37-18-20-39-72(66)89(54-28-10-7-11-29-54)73-40-21-19-38-67(73)86)51-75(82-79(80)63-34-15-23-42-77(63)90-82)87(53-26-8-6-9-27-53)56-43-45-60-58-31-12-16-35-64(58)84(2,3)68(60)48-56/h6-24,26-52H,25H2,1-5H3. The summed E-state index contributed by atoms with van der Waals surface area (Å²) in [5.41, 5.74) is 28.8. The summed E-state index contributed by atoms with van der Waals surface area (Å²) in [5.74, 6) is 0.306. The van der Waals surface area contributed by atoms with Crippen LogP contribution in [-0.2, 0) is 16.2 Å². The molecule has 5 aliphatic rings. The minimum Gasteiger partial charge on any atom is -0.455 e. The maximum absolute atomic E-state index is 7.76. The molecule has 5 heteroatoms. The summed E-state index contributed by atoms with van der Waals surface area (Å²) in [6.07, 6.45) is 8.16. The Morgan fingerprint density at radius 2 is 0.879 bits per heavy atom. The lowest BCUT2D eigenvalue weighted by Crippen LogP contribution is -2.36. The van der Waals surface area contributed by atoms with Gasteiger partial charge in [-0.3, -0.25) is 0 Å². The molecule has 4 aliphatic carbocycles. The number of fused-ring (bicyclic) bond motifs is 23. The fourth-order valence-electron chi connectivity index (χ4n) is 17.1. The van der Waals surface area contributed by atoms with Crippen LogP contribution in [0.3, 0.4) is 0 Å². The van der Waals surface area contributed by atoms with Crippen molar-refractivity contribution in [3.63, 3.8) is 0 Å². The molecule has 1 unspecified atom stereocenters. The van der Waals surface area contributed by atoms with Gasteiger partial charge in [-0.2, -0.15) is 0 Å². The Bertz CT molecular complexity index is 5460. The fourth-order valence-corrected chi connectivity index (χ4v) is 17.1. The van der Waals surface area contributed by atoms with Crippen LogP contribution in [0.25, 0.3) is 77.3 Å². The molecule has 2 aromatic heterocycles. The minimum absolute atomic E-state index is 0.232. The summed E-state index contributed by atoms with van der Waals surface area (Å²) in [4.78, 5) is 7.53. The lowest BCUT2D eigenvalue weighted by atomic mass is 9.64. The maximum Gasteiger partial charge on any atom is 0.160 e. The molecule has 0 fully saturated rings. The van der Waals surface area contributed by atoms with Crippen LogP contribution in [0.2, 0.25) is 0 Å². The average Bonchev–Trinajstić information content (AvgIpc) is 1.51. The zero-order valence-electron chi connectivity index (χ0n) is 51.4. The van der Waals surface area contributed by atoms with Gasteiger partial charge in [0.15, 0.2) is 5.58 Å². The van der Waals surface area contributed by atoms with Crippen molar-refractivity contribution in [2.75, 3.05) is 14.7 Å². The maximum atomic E-state index is 7.76. The number of hydrogen-bond donors (Lipinski definition) is 0. The highest BCUT2D eigenvalue weighted by Crippen LogP contribution is 2.69. The van der Waals surface area contributed by atoms with Gasteiger partial charge in [-0.15, -0.1) is 0 Å². The van der Waals surface area contributed by atoms with Gasteiger partial charge >= 0.3 is 0 Å². The second-order valence-corrected chi connectivity index (χ2v) is 26.7. The van der Waals surface area contributed by atoms with Gasteiger partial charge in [-0.05, 0) is 170 Å². The molecule has 0 saturated heterocycles. The monoisotopic (exact) mass is 1170 g/mol. The summed E-state index contributed by atoms with van der Waals surface area (Å²) >= 11 is 0. The Morgan fingerprint density at radius 3 is 1.49 bits per heavy atom. The van der Waals surface area contributed by atoms with Crippen molar-refractivity contribution in [2.45, 2.75) is 57.3 Å². The molecule has 91 heavy (non-hydrogen) atoms. The molecule has 12 aromatic carbocycles. The highest BCUT2D eigenvalue weighted by Gasteiger charge is 2.55. The highest BCUT2D eigenvalue weighted by atomic mass is 16.3. The smallest absolute Gasteiger partial charge is 0.160 e.